The van der Waals surface area contributed by atoms with E-state index in [1.807, 2.05) is 6.92 Å². The summed E-state index contributed by atoms with van der Waals surface area (Å²) in [6.07, 6.45) is 0.928. The molecule has 216 valence electrons. The molecule has 2 aliphatic heterocycles. The van der Waals surface area contributed by atoms with Crippen molar-refractivity contribution >= 4 is 45.4 Å². The molecule has 1 aromatic heterocycles. The van der Waals surface area contributed by atoms with Crippen LogP contribution >= 0.6 is 11.3 Å². The van der Waals surface area contributed by atoms with Gasteiger partial charge in [-0.1, -0.05) is 17.4 Å². The second kappa shape index (κ2) is 11.5. The number of amides is 2. The van der Waals surface area contributed by atoms with Crippen molar-refractivity contribution in [3.05, 3.63) is 75.4 Å². The lowest BCUT2D eigenvalue weighted by Gasteiger charge is -2.21. The fraction of sp³-hybridized carbons (Fsp3) is 0.321. The van der Waals surface area contributed by atoms with Crippen molar-refractivity contribution in [2.24, 2.45) is 0 Å². The van der Waals surface area contributed by atoms with Crippen molar-refractivity contribution in [1.29, 1.82) is 0 Å². The number of benzene rings is 2. The van der Waals surface area contributed by atoms with Gasteiger partial charge in [-0.3, -0.25) is 19.5 Å². The molecular formula is C28H30F3N7O2S. The molecule has 0 atom stereocenters. The van der Waals surface area contributed by atoms with Gasteiger partial charge in [0.2, 0.25) is 5.91 Å². The predicted molar refractivity (Wildman–Crippen MR) is 153 cm³/mol. The van der Waals surface area contributed by atoms with E-state index in [4.69, 9.17) is 0 Å². The second-order valence-corrected chi connectivity index (χ2v) is 11.1. The van der Waals surface area contributed by atoms with Crippen LogP contribution in [0.15, 0.2) is 42.7 Å². The third-order valence-corrected chi connectivity index (χ3v) is 7.97. The zero-order valence-corrected chi connectivity index (χ0v) is 23.6. The van der Waals surface area contributed by atoms with Crippen LogP contribution in [0.25, 0.3) is 5.70 Å². The molecule has 0 radical (unpaired) electrons. The van der Waals surface area contributed by atoms with Gasteiger partial charge >= 0.3 is 6.18 Å². The molecule has 5 rings (SSSR count). The fourth-order valence-corrected chi connectivity index (χ4v) is 5.70. The van der Waals surface area contributed by atoms with Gasteiger partial charge in [-0.05, 0) is 80.7 Å². The van der Waals surface area contributed by atoms with Crippen molar-refractivity contribution in [3.63, 3.8) is 0 Å². The Bertz CT molecular complexity index is 1510. The molecule has 4 N–H and O–H groups in total. The van der Waals surface area contributed by atoms with E-state index in [1.165, 1.54) is 25.2 Å². The monoisotopic (exact) mass is 585 g/mol. The number of hydrogen-bond donors (Lipinski definition) is 4. The Labute approximate surface area is 239 Å². The summed E-state index contributed by atoms with van der Waals surface area (Å²) < 4.78 is 41.7. The number of carbonyl (C=O) groups is 2. The molecule has 0 saturated carbocycles. The Balaban J connectivity index is 1.37. The maximum absolute atomic E-state index is 13.9. The first-order valence-electron chi connectivity index (χ1n) is 13.1. The highest BCUT2D eigenvalue weighted by molar-refractivity contribution is 7.16. The lowest BCUT2D eigenvalue weighted by Crippen LogP contribution is -2.36. The molecule has 1 saturated heterocycles. The number of nitrogens with zero attached hydrogens (tertiary/aromatic N) is 3. The summed E-state index contributed by atoms with van der Waals surface area (Å²) in [6.45, 7) is 6.87. The number of rotatable bonds is 7. The second-order valence-electron chi connectivity index (χ2n) is 10.1. The average molecular weight is 586 g/mol. The normalized spacial score (nSPS) is 15.6. The highest BCUT2D eigenvalue weighted by Gasteiger charge is 2.34. The molecule has 0 spiro atoms. The van der Waals surface area contributed by atoms with Crippen molar-refractivity contribution in [2.45, 2.75) is 46.3 Å². The van der Waals surface area contributed by atoms with Crippen LogP contribution in [-0.4, -0.2) is 34.8 Å². The van der Waals surface area contributed by atoms with Crippen LogP contribution in [0.2, 0.25) is 0 Å². The van der Waals surface area contributed by atoms with Crippen LogP contribution in [0.1, 0.15) is 57.3 Å². The zero-order chi connectivity index (χ0) is 29.3. The van der Waals surface area contributed by atoms with Crippen LogP contribution < -0.4 is 26.6 Å². The highest BCUT2D eigenvalue weighted by atomic mass is 32.1. The summed E-state index contributed by atoms with van der Waals surface area (Å²) in [5.74, 6) is -0.734. The Kier molecular flexibility index (Phi) is 8.02. The summed E-state index contributed by atoms with van der Waals surface area (Å²) in [4.78, 5) is 31.7. The fourth-order valence-electron chi connectivity index (χ4n) is 4.88. The Morgan fingerprint density at radius 1 is 1.10 bits per heavy atom. The number of hydrogen-bond acceptors (Lipinski definition) is 8. The molecule has 0 aliphatic carbocycles. The SMILES string of the molecule is CC(=O)Nc1ncc(C2=CN(c3cc(C(=O)Nc4cc(CN5CCCC5)c(C)c(C(F)(F)F)c4)ccc3C)NN2)s1. The number of nitrogens with one attached hydrogen (secondary N) is 4. The van der Waals surface area contributed by atoms with Gasteiger partial charge in [0.15, 0.2) is 5.13 Å². The van der Waals surface area contributed by atoms with E-state index < -0.39 is 17.6 Å². The third-order valence-electron chi connectivity index (χ3n) is 7.03. The van der Waals surface area contributed by atoms with Gasteiger partial charge in [-0.15, -0.1) is 5.53 Å². The van der Waals surface area contributed by atoms with Gasteiger partial charge in [0.1, 0.15) is 0 Å². The first-order valence-corrected chi connectivity index (χ1v) is 13.9. The Morgan fingerprint density at radius 2 is 1.85 bits per heavy atom. The zero-order valence-electron chi connectivity index (χ0n) is 22.8. The minimum absolute atomic E-state index is 0.104. The number of thiazole rings is 1. The maximum atomic E-state index is 13.9. The standard InChI is InChI=1S/C28H30F3N7O2S/c1-16-6-7-19(11-24(16)38-15-23(35-36-38)25-13-32-27(41-25)33-18(3)39)26(40)34-21-10-20(14-37-8-4-5-9-37)17(2)22(12-21)28(29,30)31/h6-7,10-13,15,35-36H,4-5,8-9,14H2,1-3H3,(H,34,40)(H,32,33,39). The number of alkyl halides is 3. The van der Waals surface area contributed by atoms with E-state index >= 15 is 0 Å². The third kappa shape index (κ3) is 6.53. The summed E-state index contributed by atoms with van der Waals surface area (Å²) in [5.41, 5.74) is 8.68. The summed E-state index contributed by atoms with van der Waals surface area (Å²) >= 11 is 1.30. The van der Waals surface area contributed by atoms with E-state index in [-0.39, 0.29) is 22.7 Å². The quantitative estimate of drug-likeness (QED) is 0.294. The van der Waals surface area contributed by atoms with Crippen molar-refractivity contribution in [2.75, 3.05) is 28.7 Å². The molecule has 13 heteroatoms. The largest absolute Gasteiger partial charge is 0.416 e. The number of aryl methyl sites for hydroxylation is 1. The van der Waals surface area contributed by atoms with Crippen molar-refractivity contribution in [1.82, 2.24) is 20.8 Å². The first kappa shape index (κ1) is 28.6. The summed E-state index contributed by atoms with van der Waals surface area (Å²) in [7, 11) is 0. The van der Waals surface area contributed by atoms with Gasteiger partial charge in [0.25, 0.3) is 5.91 Å². The number of anilines is 3. The Morgan fingerprint density at radius 3 is 2.56 bits per heavy atom. The molecule has 3 aromatic rings. The van der Waals surface area contributed by atoms with E-state index in [2.05, 4.69) is 31.5 Å². The van der Waals surface area contributed by atoms with Crippen molar-refractivity contribution < 1.29 is 22.8 Å². The minimum atomic E-state index is -4.54. The topological polar surface area (TPSA) is 102 Å². The summed E-state index contributed by atoms with van der Waals surface area (Å²) in [6, 6.07) is 7.71. The summed E-state index contributed by atoms with van der Waals surface area (Å²) in [5, 5.41) is 7.50. The molecule has 0 bridgehead atoms. The van der Waals surface area contributed by atoms with Crippen LogP contribution in [0.3, 0.4) is 0 Å². The highest BCUT2D eigenvalue weighted by Crippen LogP contribution is 2.36. The van der Waals surface area contributed by atoms with Crippen LogP contribution in [-0.2, 0) is 17.5 Å². The van der Waals surface area contributed by atoms with E-state index in [0.717, 1.165) is 42.4 Å². The number of carbonyl (C=O) groups excluding carboxylic acids is 2. The molecule has 2 aromatic carbocycles. The first-order chi connectivity index (χ1) is 19.5. The van der Waals surface area contributed by atoms with Crippen LogP contribution in [0.5, 0.6) is 0 Å². The molecule has 2 amide bonds. The maximum Gasteiger partial charge on any atom is 0.416 e. The van der Waals surface area contributed by atoms with E-state index in [0.29, 0.717) is 28.6 Å². The number of likely N-dealkylation sites (tertiary alicyclic amines) is 1. The smallest absolute Gasteiger partial charge is 0.322 e. The molecule has 9 nitrogen and oxygen atoms in total. The van der Waals surface area contributed by atoms with Gasteiger partial charge in [0.05, 0.1) is 21.8 Å². The van der Waals surface area contributed by atoms with Gasteiger partial charge < -0.3 is 16.1 Å². The average Bonchev–Trinajstić information content (AvgIpc) is 3.67. The predicted octanol–water partition coefficient (Wildman–Crippen LogP) is 5.41. The molecular weight excluding hydrogens is 555 g/mol. The minimum Gasteiger partial charge on any atom is -0.322 e. The number of hydrazine groups is 2. The van der Waals surface area contributed by atoms with Crippen LogP contribution in [0, 0.1) is 13.8 Å². The van der Waals surface area contributed by atoms with E-state index in [9.17, 15) is 22.8 Å². The molecule has 0 unspecified atom stereocenters. The van der Waals surface area contributed by atoms with Gasteiger partial charge in [0, 0.05) is 37.1 Å². The molecule has 1 fully saturated rings. The lowest BCUT2D eigenvalue weighted by molar-refractivity contribution is -0.138. The van der Waals surface area contributed by atoms with Gasteiger partial charge in [-0.25, -0.2) is 4.98 Å². The number of halogens is 3. The number of aromatic nitrogens is 1. The van der Waals surface area contributed by atoms with E-state index in [1.54, 1.807) is 41.7 Å². The molecule has 3 heterocycles. The van der Waals surface area contributed by atoms with Gasteiger partial charge in [-0.2, -0.15) is 13.2 Å². The van der Waals surface area contributed by atoms with Crippen molar-refractivity contribution in [3.8, 4) is 0 Å². The van der Waals surface area contributed by atoms with Crippen LogP contribution in [0.4, 0.5) is 29.7 Å². The molecule has 2 aliphatic rings. The Hall–Kier alpha value is -3.94. The molecule has 41 heavy (non-hydrogen) atoms. The lowest BCUT2D eigenvalue weighted by atomic mass is 9.99.